The van der Waals surface area contributed by atoms with Gasteiger partial charge in [0.2, 0.25) is 0 Å². The molecule has 0 bridgehead atoms. The third-order valence-electron chi connectivity index (χ3n) is 13.9. The second kappa shape index (κ2) is 29.5. The van der Waals surface area contributed by atoms with Crippen LogP contribution in [0.1, 0.15) is 0 Å². The average Bonchev–Trinajstić information content (AvgIpc) is 0.721. The van der Waals surface area contributed by atoms with Gasteiger partial charge in [-0.05, 0) is 97.1 Å². The summed E-state index contributed by atoms with van der Waals surface area (Å²) >= 11 is 0. The molecular formula is C64H36Cl4N22Ru2. The zero-order valence-electron chi connectivity index (χ0n) is 46.8. The van der Waals surface area contributed by atoms with Gasteiger partial charge < -0.3 is 49.6 Å². The summed E-state index contributed by atoms with van der Waals surface area (Å²) in [6.45, 7) is 0. The molecule has 0 aliphatic heterocycles. The summed E-state index contributed by atoms with van der Waals surface area (Å²) in [4.78, 5) is 96.2. The molecule has 13 heterocycles. The van der Waals surface area contributed by atoms with Gasteiger partial charge in [0.25, 0.3) is 0 Å². The zero-order valence-corrected chi connectivity index (χ0v) is 53.3. The fraction of sp³-hybridized carbons (Fsp3) is 0. The van der Waals surface area contributed by atoms with Gasteiger partial charge in [-0.25, -0.2) is 9.97 Å². The fourth-order valence-electron chi connectivity index (χ4n) is 10.2. The number of aromatic nitrogens is 22. The predicted molar refractivity (Wildman–Crippen MR) is 329 cm³/mol. The Morgan fingerprint density at radius 1 is 0.141 bits per heavy atom. The number of rotatable bonds is 0. The van der Waals surface area contributed by atoms with E-state index in [1.165, 1.54) is 0 Å². The van der Waals surface area contributed by atoms with Crippen LogP contribution in [0.5, 0.6) is 0 Å². The molecule has 0 unspecified atom stereocenters. The van der Waals surface area contributed by atoms with Crippen molar-refractivity contribution in [1.82, 2.24) is 110 Å². The van der Waals surface area contributed by atoms with Crippen molar-refractivity contribution >= 4 is 154 Å². The van der Waals surface area contributed by atoms with E-state index in [2.05, 4.69) is 99.7 Å². The summed E-state index contributed by atoms with van der Waals surface area (Å²) in [5.41, 5.74) is 19.8. The monoisotopic (exact) mass is 1460 g/mol. The minimum atomic E-state index is 0. The van der Waals surface area contributed by atoms with Crippen LogP contribution in [-0.4, -0.2) is 110 Å². The van der Waals surface area contributed by atoms with Gasteiger partial charge in [-0.15, -0.1) is 0 Å². The molecule has 0 amide bonds. The van der Waals surface area contributed by atoms with Gasteiger partial charge in [0.05, 0.1) is 88.3 Å². The van der Waals surface area contributed by atoms with Gasteiger partial charge in [0.15, 0.2) is 0 Å². The van der Waals surface area contributed by atoms with Crippen LogP contribution >= 0.6 is 0 Å². The molecule has 22 nitrogen and oxygen atoms in total. The SMILES string of the molecule is [Cl-].[Cl-].[Cl-].[Cl-].[Ru+2].[Ru+2].c1cnc2c(c1)c1nc3c4cccnc4c4ncccc4c3nc1c1cccnc12.c1cnc2c(ccc3nccnc32)n1.c1cnc2c(ccc3nccnc32)n1.c1cnc2c(ccc3nccnc32)n1.c1cnc2c(ccc3nccnc32)n1. The van der Waals surface area contributed by atoms with Crippen LogP contribution in [0.25, 0.3) is 154 Å². The standard InChI is InChI=1S/C24H12N6.4C10H6N4.4ClH.2Ru/c1-5-13-17(25-9-1)18-14(6-2-10-26-18)22-21(13)29-23-15-7-3-11-27-19(15)20-16(24(23)30-22)8-4-12-28-20;4*1-2-8-10(14-6-4-12-8)9-7(1)11-3-5-13-9;;;;;;/h1-12H;4*1-6H;4*1H;;/q;;;;;;;;;2*+2/p-4. The summed E-state index contributed by atoms with van der Waals surface area (Å²) < 4.78 is 0. The summed E-state index contributed by atoms with van der Waals surface area (Å²) in [7, 11) is 0. The molecule has 0 radical (unpaired) electrons. The van der Waals surface area contributed by atoms with Gasteiger partial charge in [0.1, 0.15) is 44.1 Å². The van der Waals surface area contributed by atoms with E-state index in [0.717, 1.165) is 154 Å². The van der Waals surface area contributed by atoms with E-state index in [9.17, 15) is 0 Å². The Morgan fingerprint density at radius 3 is 0.446 bits per heavy atom. The molecule has 0 spiro atoms. The van der Waals surface area contributed by atoms with Crippen LogP contribution in [0.3, 0.4) is 0 Å². The molecule has 92 heavy (non-hydrogen) atoms. The van der Waals surface area contributed by atoms with E-state index in [4.69, 9.17) is 9.97 Å². The van der Waals surface area contributed by atoms with E-state index in [0.29, 0.717) is 0 Å². The molecule has 19 aromatic rings. The molecule has 0 aliphatic rings. The van der Waals surface area contributed by atoms with Gasteiger partial charge >= 0.3 is 39.0 Å². The average molecular weight is 1460 g/mol. The predicted octanol–water partition coefficient (Wildman–Crippen LogP) is -0.721. The summed E-state index contributed by atoms with van der Waals surface area (Å²) in [5.74, 6) is 0. The van der Waals surface area contributed by atoms with Gasteiger partial charge in [-0.2, -0.15) is 0 Å². The van der Waals surface area contributed by atoms with Crippen molar-refractivity contribution < 1.29 is 88.6 Å². The van der Waals surface area contributed by atoms with Crippen LogP contribution in [0, 0.1) is 0 Å². The second-order valence-electron chi connectivity index (χ2n) is 18.9. The van der Waals surface area contributed by atoms with Crippen LogP contribution < -0.4 is 49.6 Å². The Kier molecular flexibility index (Phi) is 21.2. The number of fused-ring (bicyclic) bond motifs is 24. The maximum Gasteiger partial charge on any atom is 2.00 e. The molecule has 13 aromatic heterocycles. The van der Waals surface area contributed by atoms with Crippen LogP contribution in [0.15, 0.2) is 221 Å². The quantitative estimate of drug-likeness (QED) is 0.103. The van der Waals surface area contributed by atoms with Gasteiger partial charge in [-0.3, -0.25) is 99.7 Å². The fourth-order valence-corrected chi connectivity index (χ4v) is 10.2. The van der Waals surface area contributed by atoms with Crippen molar-refractivity contribution in [3.63, 3.8) is 0 Å². The molecule has 19 rings (SSSR count). The molecule has 0 N–H and O–H groups in total. The van der Waals surface area contributed by atoms with Crippen LogP contribution in [-0.2, 0) is 39.0 Å². The number of benzene rings is 6. The van der Waals surface area contributed by atoms with Crippen molar-refractivity contribution in [2.45, 2.75) is 0 Å². The maximum absolute atomic E-state index is 5.14. The van der Waals surface area contributed by atoms with E-state index < -0.39 is 0 Å². The number of halogens is 4. The molecule has 0 fully saturated rings. The topological polar surface area (TPSA) is 284 Å². The van der Waals surface area contributed by atoms with Crippen molar-refractivity contribution in [2.24, 2.45) is 0 Å². The second-order valence-corrected chi connectivity index (χ2v) is 18.9. The molecule has 0 atom stereocenters. The normalized spacial score (nSPS) is 10.5. The van der Waals surface area contributed by atoms with Crippen molar-refractivity contribution in [3.05, 3.63) is 221 Å². The molecule has 0 saturated carbocycles. The Bertz CT molecular complexity index is 4910. The van der Waals surface area contributed by atoms with Gasteiger partial charge in [-0.1, -0.05) is 0 Å². The van der Waals surface area contributed by atoms with Gasteiger partial charge in [0, 0.05) is 145 Å². The van der Waals surface area contributed by atoms with Crippen molar-refractivity contribution in [3.8, 4) is 0 Å². The molecule has 6 aromatic carbocycles. The van der Waals surface area contributed by atoms with Crippen molar-refractivity contribution in [1.29, 1.82) is 0 Å². The smallest absolute Gasteiger partial charge is 1.00 e. The molecule has 28 heteroatoms. The van der Waals surface area contributed by atoms with E-state index >= 15 is 0 Å². The summed E-state index contributed by atoms with van der Waals surface area (Å²) in [5, 5.41) is 3.76. The first-order valence-corrected chi connectivity index (χ1v) is 26.7. The van der Waals surface area contributed by atoms with Crippen LogP contribution in [0.4, 0.5) is 0 Å². The zero-order chi connectivity index (χ0) is 57.2. The van der Waals surface area contributed by atoms with Crippen LogP contribution in [0.2, 0.25) is 0 Å². The number of nitrogens with zero attached hydrogens (tertiary/aromatic N) is 22. The van der Waals surface area contributed by atoms with E-state index in [-0.39, 0.29) is 88.6 Å². The maximum atomic E-state index is 5.14. The van der Waals surface area contributed by atoms with E-state index in [1.54, 1.807) is 124 Å². The minimum Gasteiger partial charge on any atom is -1.00 e. The van der Waals surface area contributed by atoms with Crippen molar-refractivity contribution in [2.75, 3.05) is 0 Å². The molecular weight excluding hydrogens is 1420 g/mol. The number of pyridine rings is 4. The Hall–Kier alpha value is -10.3. The third kappa shape index (κ3) is 12.6. The Labute approximate surface area is 568 Å². The third-order valence-corrected chi connectivity index (χ3v) is 13.9. The Balaban J connectivity index is 0.000000140. The molecule has 446 valence electrons. The molecule has 0 aliphatic carbocycles. The molecule has 0 saturated heterocycles. The number of hydrogen-bond acceptors (Lipinski definition) is 22. The number of hydrogen-bond donors (Lipinski definition) is 0. The summed E-state index contributed by atoms with van der Waals surface area (Å²) in [6.07, 6.45) is 33.8. The summed E-state index contributed by atoms with van der Waals surface area (Å²) in [6, 6.07) is 31.0. The van der Waals surface area contributed by atoms with E-state index in [1.807, 2.05) is 97.1 Å². The Morgan fingerprint density at radius 2 is 0.283 bits per heavy atom. The largest absolute Gasteiger partial charge is 2.00 e. The first-order chi connectivity index (χ1) is 42.7. The first-order valence-electron chi connectivity index (χ1n) is 26.7. The first kappa shape index (κ1) is 66.1. The minimum absolute atomic E-state index is 0.